The Labute approximate surface area is 498 Å². The van der Waals surface area contributed by atoms with Gasteiger partial charge in [0.15, 0.2) is 27.0 Å². The molecule has 10 rings (SSSR count). The third-order valence-electron chi connectivity index (χ3n) is 14.4. The van der Waals surface area contributed by atoms with Crippen LogP contribution >= 0.6 is 47.5 Å². The number of aryl methyl sites for hydroxylation is 1. The average Bonchev–Trinajstić information content (AvgIpc) is 1.78. The Morgan fingerprint density at radius 2 is 1.67 bits per heavy atom. The Kier molecular flexibility index (Phi) is 17.3. The number of hydrogen-bond acceptors (Lipinski definition) is 23. The molecule has 5 aromatic rings. The number of piperazine rings is 1. The number of urea groups is 1. The van der Waals surface area contributed by atoms with Gasteiger partial charge in [-0.05, 0) is 102 Å². The number of rotatable bonds is 19. The van der Waals surface area contributed by atoms with Crippen molar-refractivity contribution < 1.29 is 61.6 Å². The monoisotopic (exact) mass is 1230 g/mol. The van der Waals surface area contributed by atoms with Gasteiger partial charge in [0.2, 0.25) is 6.79 Å². The number of benzene rings is 3. The molecule has 3 N–H and O–H groups in total. The molecule has 5 aliphatic rings. The van der Waals surface area contributed by atoms with E-state index in [9.17, 15) is 39.0 Å². The fourth-order valence-electron chi connectivity index (χ4n) is 10.2. The topological polar surface area (TPSA) is 273 Å². The predicted octanol–water partition coefficient (Wildman–Crippen LogP) is 6.01. The van der Waals surface area contributed by atoms with Crippen molar-refractivity contribution in [3.05, 3.63) is 113 Å². The quantitative estimate of drug-likeness (QED) is 0.0108. The molecule has 0 saturated carbocycles. The van der Waals surface area contributed by atoms with E-state index in [4.69, 9.17) is 36.3 Å². The summed E-state index contributed by atoms with van der Waals surface area (Å²) < 4.78 is 59.9. The molecule has 5 atom stereocenters. The maximum atomic E-state index is 15.1. The molecule has 0 aliphatic carbocycles. The molecule has 444 valence electrons. The number of nitrogens with zero attached hydrogens (tertiary/aromatic N) is 11. The van der Waals surface area contributed by atoms with Crippen molar-refractivity contribution in [2.45, 2.75) is 86.6 Å². The Morgan fingerprint density at radius 1 is 0.988 bits per heavy atom. The minimum absolute atomic E-state index is 0.00476. The lowest BCUT2D eigenvalue weighted by Gasteiger charge is -2.49. The van der Waals surface area contributed by atoms with Gasteiger partial charge in [0.05, 0.1) is 24.3 Å². The first-order valence-corrected chi connectivity index (χ1v) is 29.7. The van der Waals surface area contributed by atoms with Gasteiger partial charge < -0.3 is 44.0 Å². The second kappa shape index (κ2) is 24.3. The fraction of sp³-hybridized carbons (Fsp3) is 0.426. The van der Waals surface area contributed by atoms with Crippen LogP contribution in [0.2, 0.25) is 0 Å². The number of amides is 4. The van der Waals surface area contributed by atoms with E-state index in [1.54, 1.807) is 53.7 Å². The molecule has 84 heavy (non-hydrogen) atoms. The molecule has 3 unspecified atom stereocenters. The van der Waals surface area contributed by atoms with E-state index < -0.39 is 99.4 Å². The average molecular weight is 1230 g/mol. The SMILES string of the molecule is Cc1nnc(SCC2=C(C(=O)OCOC(=O)C(C)(C)C)N3C(=O)C(NC(=O)/C(=N\O)C4(S)C(=N)N(c5ccc(N6CCN(c7ccc(OC[C@H]8OC[C@](Cn9cncn9)(c9ccc(F)cc9F)O8)cc7)CC6)cc5)C(=O)N4C(C)C)C3SC2)s1. The number of amidine groups is 1. The number of halogens is 2. The molecule has 4 amide bonds. The van der Waals surface area contributed by atoms with Gasteiger partial charge in [-0.3, -0.25) is 29.6 Å². The number of oxime groups is 1. The van der Waals surface area contributed by atoms with Crippen molar-refractivity contribution >= 4 is 106 Å². The van der Waals surface area contributed by atoms with Crippen LogP contribution in [0.4, 0.5) is 30.6 Å². The summed E-state index contributed by atoms with van der Waals surface area (Å²) in [6.45, 7) is 12.0. The Bertz CT molecular complexity index is 3400. The minimum Gasteiger partial charge on any atom is -0.488 e. The van der Waals surface area contributed by atoms with Crippen LogP contribution in [0.3, 0.4) is 0 Å². The first-order chi connectivity index (χ1) is 40.1. The normalized spacial score (nSPS) is 22.9. The van der Waals surface area contributed by atoms with Crippen molar-refractivity contribution in [1.82, 2.24) is 40.1 Å². The molecule has 24 nitrogen and oxygen atoms in total. The first-order valence-electron chi connectivity index (χ1n) is 26.4. The third-order valence-corrected chi connectivity index (χ3v) is 18.4. The van der Waals surface area contributed by atoms with Gasteiger partial charge >= 0.3 is 18.0 Å². The van der Waals surface area contributed by atoms with Crippen LogP contribution < -0.4 is 24.8 Å². The highest BCUT2D eigenvalue weighted by molar-refractivity contribution is 8.01. The van der Waals surface area contributed by atoms with Gasteiger partial charge in [0.25, 0.3) is 11.8 Å². The second-order valence-corrected chi connectivity index (χ2v) is 25.5. The van der Waals surface area contributed by atoms with E-state index in [1.165, 1.54) is 69.2 Å². The van der Waals surface area contributed by atoms with Crippen LogP contribution in [0.25, 0.3) is 0 Å². The first kappa shape index (κ1) is 59.8. The van der Waals surface area contributed by atoms with E-state index >= 15 is 4.39 Å². The molecule has 0 radical (unpaired) electrons. The summed E-state index contributed by atoms with van der Waals surface area (Å²) in [5.74, 6) is -4.29. The lowest BCUT2D eigenvalue weighted by molar-refractivity contribution is -0.173. The smallest absolute Gasteiger partial charge is 0.357 e. The van der Waals surface area contributed by atoms with E-state index in [1.807, 2.05) is 36.4 Å². The van der Waals surface area contributed by atoms with Gasteiger partial charge in [0.1, 0.15) is 64.4 Å². The largest absolute Gasteiger partial charge is 0.488 e. The van der Waals surface area contributed by atoms with Crippen LogP contribution in [0, 0.1) is 29.4 Å². The van der Waals surface area contributed by atoms with Crippen LogP contribution in [0.5, 0.6) is 5.75 Å². The van der Waals surface area contributed by atoms with Gasteiger partial charge in [-0.25, -0.2) is 32.9 Å². The third kappa shape index (κ3) is 11.9. The summed E-state index contributed by atoms with van der Waals surface area (Å²) in [6.07, 6.45) is 1.96. The molecule has 7 heterocycles. The number of thiol groups is 1. The number of fused-ring (bicyclic) bond motifs is 1. The van der Waals surface area contributed by atoms with Gasteiger partial charge in [0, 0.05) is 66.7 Å². The highest BCUT2D eigenvalue weighted by atomic mass is 32.2. The maximum absolute atomic E-state index is 15.1. The predicted molar refractivity (Wildman–Crippen MR) is 309 cm³/mol. The van der Waals surface area contributed by atoms with Gasteiger partial charge in [-0.1, -0.05) is 34.3 Å². The zero-order valence-corrected chi connectivity index (χ0v) is 49.6. The molecule has 0 bridgehead atoms. The van der Waals surface area contributed by atoms with E-state index in [2.05, 4.69) is 40.6 Å². The molecule has 5 aliphatic heterocycles. The lowest BCUT2D eigenvalue weighted by Crippen LogP contribution is -2.72. The number of aromatic nitrogens is 5. The van der Waals surface area contributed by atoms with Crippen LogP contribution in [-0.2, 0) is 50.3 Å². The molecule has 4 saturated heterocycles. The number of β-lactam (4-membered cyclic amide) rings is 1. The Morgan fingerprint density at radius 3 is 2.27 bits per heavy atom. The number of thioether (sulfide) groups is 2. The maximum Gasteiger partial charge on any atom is 0.357 e. The number of hydrogen-bond donors (Lipinski definition) is 4. The zero-order valence-electron chi connectivity index (χ0n) is 46.3. The molecule has 2 aromatic heterocycles. The number of ether oxygens (including phenoxy) is 5. The summed E-state index contributed by atoms with van der Waals surface area (Å²) in [5, 5.41) is 38.1. The molecular formula is C54H59F2N13O11S4. The molecular weight excluding hydrogens is 1170 g/mol. The van der Waals surface area contributed by atoms with Gasteiger partial charge in [-0.15, -0.1) is 34.6 Å². The van der Waals surface area contributed by atoms with Crippen LogP contribution in [0.1, 0.15) is 45.2 Å². The Hall–Kier alpha value is -7.38. The number of anilines is 3. The van der Waals surface area contributed by atoms with Crippen LogP contribution in [-0.4, -0.2) is 168 Å². The summed E-state index contributed by atoms with van der Waals surface area (Å²) in [6, 6.07) is 15.2. The Balaban J connectivity index is 0.750. The number of esters is 2. The minimum atomic E-state index is -2.23. The lowest BCUT2D eigenvalue weighted by atomic mass is 9.94. The summed E-state index contributed by atoms with van der Waals surface area (Å²) in [7, 11) is 0. The highest BCUT2D eigenvalue weighted by Crippen LogP contribution is 2.44. The standard InChI is InChI=1S/C54H59F2N13O11S4/c1-30(2)69-51(74)67(48(57)54(69,81)43(63-75)44(70)60-41-45(71)68-42(47(72)78-29-79-49(73)52(4,5)6)32(23-82-46(41)68)24-83-50-62-61-31(3)84-50)36-10-8-34(9-11-36)64-17-19-65(20-18-64)35-12-14-37(15-13-35)76-22-40-77-26-53(80-40,25-66-28-58-27-59-66)38-16-7-33(55)21-39(38)56/h7-16,21,27-28,30,40-41,46,57,75,81H,17-20,22-26,29H2,1-6H3,(H,60,70)/b57-48?,63-43+/t40-,41?,46?,53+,54?/m0/s1. The van der Waals surface area contributed by atoms with Crippen molar-refractivity contribution in [2.24, 2.45) is 10.6 Å². The number of carbonyl (C=O) groups excluding carboxylic acids is 5. The van der Waals surface area contributed by atoms with Crippen molar-refractivity contribution in [1.29, 1.82) is 5.41 Å². The summed E-state index contributed by atoms with van der Waals surface area (Å²) in [5.41, 5.74) is -0.244. The summed E-state index contributed by atoms with van der Waals surface area (Å²) >= 11 is 8.72. The van der Waals surface area contributed by atoms with Crippen LogP contribution in [0.15, 0.2) is 100 Å². The number of nitrogens with one attached hydrogen (secondary N) is 2. The van der Waals surface area contributed by atoms with E-state index in [-0.39, 0.29) is 48.2 Å². The van der Waals surface area contributed by atoms with E-state index in [0.717, 1.165) is 32.2 Å². The zero-order chi connectivity index (χ0) is 59.8. The fourth-order valence-corrected chi connectivity index (χ4v) is 14.0. The molecule has 4 fully saturated rings. The summed E-state index contributed by atoms with van der Waals surface area (Å²) in [4.78, 5) is 78.5. The van der Waals surface area contributed by atoms with Gasteiger partial charge in [-0.2, -0.15) is 5.10 Å². The second-order valence-electron chi connectivity index (χ2n) is 21.3. The molecule has 3 aromatic carbocycles. The highest BCUT2D eigenvalue weighted by Gasteiger charge is 2.61. The van der Waals surface area contributed by atoms with Crippen molar-refractivity contribution in [3.8, 4) is 5.75 Å². The van der Waals surface area contributed by atoms with E-state index in [0.29, 0.717) is 41.8 Å². The number of carbonyl (C=O) groups is 5. The molecule has 30 heteroatoms. The van der Waals surface area contributed by atoms with Crippen molar-refractivity contribution in [3.63, 3.8) is 0 Å². The van der Waals surface area contributed by atoms with Crippen molar-refractivity contribution in [2.75, 3.05) is 72.4 Å². The molecule has 0 spiro atoms.